The largest absolute Gasteiger partial charge is 0.353 e. The fourth-order valence-corrected chi connectivity index (χ4v) is 3.82. The monoisotopic (exact) mass is 478 g/mol. The lowest BCUT2D eigenvalue weighted by molar-refractivity contribution is -0.121. The summed E-state index contributed by atoms with van der Waals surface area (Å²) in [6.45, 7) is 10.3. The van der Waals surface area contributed by atoms with Crippen molar-refractivity contribution < 1.29 is 14.4 Å². The second-order valence-electron chi connectivity index (χ2n) is 8.53. The van der Waals surface area contributed by atoms with Crippen LogP contribution in [0.15, 0.2) is 29.6 Å². The first-order valence-corrected chi connectivity index (χ1v) is 11.9. The first-order valence-electron chi connectivity index (χ1n) is 10.6. The van der Waals surface area contributed by atoms with E-state index in [1.807, 2.05) is 34.6 Å². The molecule has 1 aromatic carbocycles. The van der Waals surface area contributed by atoms with Crippen LogP contribution in [-0.4, -0.2) is 46.7 Å². The van der Waals surface area contributed by atoms with E-state index in [-0.39, 0.29) is 42.6 Å². The van der Waals surface area contributed by atoms with Gasteiger partial charge < -0.3 is 15.5 Å². The van der Waals surface area contributed by atoms with E-state index in [1.54, 1.807) is 29.6 Å². The summed E-state index contributed by atoms with van der Waals surface area (Å²) in [6, 6.07) is 6.86. The van der Waals surface area contributed by atoms with Gasteiger partial charge in [-0.3, -0.25) is 14.4 Å². The SMILES string of the molecule is CC(C)CN(CC(=O)Nc1nc(CC(=O)NC(C)C(C)C)cs1)C(=O)c1ccccc1Cl. The summed E-state index contributed by atoms with van der Waals surface area (Å²) in [4.78, 5) is 43.5. The molecular weight excluding hydrogens is 448 g/mol. The van der Waals surface area contributed by atoms with Gasteiger partial charge in [-0.15, -0.1) is 11.3 Å². The van der Waals surface area contributed by atoms with E-state index in [2.05, 4.69) is 15.6 Å². The number of thiazole rings is 1. The molecule has 0 radical (unpaired) electrons. The first kappa shape index (κ1) is 25.8. The molecule has 1 aromatic heterocycles. The predicted molar refractivity (Wildman–Crippen MR) is 129 cm³/mol. The van der Waals surface area contributed by atoms with E-state index in [9.17, 15) is 14.4 Å². The smallest absolute Gasteiger partial charge is 0.255 e. The Morgan fingerprint density at radius 3 is 2.41 bits per heavy atom. The number of aromatic nitrogens is 1. The molecule has 1 atom stereocenters. The lowest BCUT2D eigenvalue weighted by atomic mass is 10.1. The molecule has 0 bridgehead atoms. The fourth-order valence-electron chi connectivity index (χ4n) is 2.88. The average Bonchev–Trinajstić information content (AvgIpc) is 3.13. The molecule has 2 N–H and O–H groups in total. The summed E-state index contributed by atoms with van der Waals surface area (Å²) in [5.74, 6) is -0.248. The van der Waals surface area contributed by atoms with Crippen LogP contribution in [0, 0.1) is 11.8 Å². The van der Waals surface area contributed by atoms with Crippen molar-refractivity contribution in [3.8, 4) is 0 Å². The highest BCUT2D eigenvalue weighted by molar-refractivity contribution is 7.13. The number of amides is 3. The molecule has 9 heteroatoms. The van der Waals surface area contributed by atoms with Gasteiger partial charge in [-0.25, -0.2) is 4.98 Å². The summed E-state index contributed by atoms with van der Waals surface area (Å²) < 4.78 is 0. The summed E-state index contributed by atoms with van der Waals surface area (Å²) in [5.41, 5.74) is 0.950. The summed E-state index contributed by atoms with van der Waals surface area (Å²) >= 11 is 7.42. The Bertz CT molecular complexity index is 945. The van der Waals surface area contributed by atoms with Crippen molar-refractivity contribution in [2.24, 2.45) is 11.8 Å². The summed E-state index contributed by atoms with van der Waals surface area (Å²) in [5, 5.41) is 8.15. The minimum atomic E-state index is -0.357. The third kappa shape index (κ3) is 7.91. The van der Waals surface area contributed by atoms with E-state index in [4.69, 9.17) is 11.6 Å². The van der Waals surface area contributed by atoms with Gasteiger partial charge >= 0.3 is 0 Å². The maximum absolute atomic E-state index is 13.0. The van der Waals surface area contributed by atoms with E-state index in [0.717, 1.165) is 0 Å². The van der Waals surface area contributed by atoms with Gasteiger partial charge in [-0.2, -0.15) is 0 Å². The molecule has 0 aliphatic carbocycles. The number of nitrogens with one attached hydrogen (secondary N) is 2. The third-order valence-electron chi connectivity index (χ3n) is 4.84. The maximum Gasteiger partial charge on any atom is 0.255 e. The van der Waals surface area contributed by atoms with Gasteiger partial charge in [0.2, 0.25) is 11.8 Å². The number of carbonyl (C=O) groups excluding carboxylic acids is 3. The van der Waals surface area contributed by atoms with Crippen molar-refractivity contribution in [3.05, 3.63) is 45.9 Å². The number of hydrogen-bond donors (Lipinski definition) is 2. The number of hydrogen-bond acceptors (Lipinski definition) is 5. The zero-order valence-electron chi connectivity index (χ0n) is 19.1. The molecule has 2 aromatic rings. The fraction of sp³-hybridized carbons (Fsp3) is 0.478. The Labute approximate surface area is 198 Å². The minimum absolute atomic E-state index is 0.0721. The van der Waals surface area contributed by atoms with Crippen molar-refractivity contribution in [1.82, 2.24) is 15.2 Å². The van der Waals surface area contributed by atoms with Gasteiger partial charge in [0, 0.05) is 18.0 Å². The van der Waals surface area contributed by atoms with E-state index >= 15 is 0 Å². The van der Waals surface area contributed by atoms with Crippen molar-refractivity contribution in [3.63, 3.8) is 0 Å². The second kappa shape index (κ2) is 12.0. The molecule has 2 rings (SSSR count). The number of carbonyl (C=O) groups is 3. The summed E-state index contributed by atoms with van der Waals surface area (Å²) in [6.07, 6.45) is 0.147. The molecule has 0 spiro atoms. The van der Waals surface area contributed by atoms with Crippen LogP contribution in [0.1, 0.15) is 50.7 Å². The Kier molecular flexibility index (Phi) is 9.65. The van der Waals surface area contributed by atoms with Crippen LogP contribution >= 0.6 is 22.9 Å². The topological polar surface area (TPSA) is 91.4 Å². The van der Waals surface area contributed by atoms with Gasteiger partial charge in [0.1, 0.15) is 6.54 Å². The van der Waals surface area contributed by atoms with Crippen LogP contribution in [0.2, 0.25) is 5.02 Å². The van der Waals surface area contributed by atoms with Gasteiger partial charge in [0.15, 0.2) is 5.13 Å². The molecule has 0 saturated carbocycles. The lowest BCUT2D eigenvalue weighted by Crippen LogP contribution is -2.40. The van der Waals surface area contributed by atoms with E-state index < -0.39 is 0 Å². The van der Waals surface area contributed by atoms with Crippen LogP contribution in [0.4, 0.5) is 5.13 Å². The number of rotatable bonds is 10. The van der Waals surface area contributed by atoms with Crippen LogP contribution in [-0.2, 0) is 16.0 Å². The van der Waals surface area contributed by atoms with Crippen molar-refractivity contribution >= 4 is 45.8 Å². The molecule has 174 valence electrons. The van der Waals surface area contributed by atoms with Crippen molar-refractivity contribution in [1.29, 1.82) is 0 Å². The Hall–Kier alpha value is -2.45. The molecule has 0 aliphatic rings. The normalized spacial score (nSPS) is 12.0. The van der Waals surface area contributed by atoms with Crippen LogP contribution in [0.25, 0.3) is 0 Å². The number of anilines is 1. The minimum Gasteiger partial charge on any atom is -0.353 e. The lowest BCUT2D eigenvalue weighted by Gasteiger charge is -2.24. The van der Waals surface area contributed by atoms with Gasteiger partial charge in [0.05, 0.1) is 22.7 Å². The molecular formula is C23H31ClN4O3S. The highest BCUT2D eigenvalue weighted by Gasteiger charge is 2.22. The third-order valence-corrected chi connectivity index (χ3v) is 5.98. The van der Waals surface area contributed by atoms with Gasteiger partial charge in [0.25, 0.3) is 5.91 Å². The Balaban J connectivity index is 1.99. The first-order chi connectivity index (χ1) is 15.1. The molecule has 1 unspecified atom stereocenters. The zero-order valence-corrected chi connectivity index (χ0v) is 20.7. The van der Waals surface area contributed by atoms with Gasteiger partial charge in [-0.05, 0) is 30.9 Å². The van der Waals surface area contributed by atoms with Crippen LogP contribution in [0.5, 0.6) is 0 Å². The van der Waals surface area contributed by atoms with Crippen molar-refractivity contribution in [2.45, 2.75) is 47.1 Å². The summed E-state index contributed by atoms with van der Waals surface area (Å²) in [7, 11) is 0. The quantitative estimate of drug-likeness (QED) is 0.534. The highest BCUT2D eigenvalue weighted by Crippen LogP contribution is 2.19. The van der Waals surface area contributed by atoms with E-state index in [0.29, 0.717) is 33.9 Å². The molecule has 0 aliphatic heterocycles. The Morgan fingerprint density at radius 2 is 1.78 bits per heavy atom. The molecule has 7 nitrogen and oxygen atoms in total. The van der Waals surface area contributed by atoms with Gasteiger partial charge in [-0.1, -0.05) is 51.4 Å². The predicted octanol–water partition coefficient (Wildman–Crippen LogP) is 4.24. The molecule has 32 heavy (non-hydrogen) atoms. The van der Waals surface area contributed by atoms with Crippen LogP contribution < -0.4 is 10.6 Å². The molecule has 0 fully saturated rings. The molecule has 3 amide bonds. The standard InChI is InChI=1S/C23H31ClN4O3S/c1-14(2)11-28(22(31)18-8-6-7-9-19(18)24)12-21(30)27-23-26-17(13-32-23)10-20(29)25-16(5)15(3)4/h6-9,13-16H,10-12H2,1-5H3,(H,25,29)(H,26,27,30). The average molecular weight is 479 g/mol. The van der Waals surface area contributed by atoms with Crippen molar-refractivity contribution in [2.75, 3.05) is 18.4 Å². The number of benzene rings is 1. The maximum atomic E-state index is 13.0. The number of nitrogens with zero attached hydrogens (tertiary/aromatic N) is 2. The molecule has 0 saturated heterocycles. The van der Waals surface area contributed by atoms with E-state index in [1.165, 1.54) is 16.2 Å². The van der Waals surface area contributed by atoms with Crippen LogP contribution in [0.3, 0.4) is 0 Å². The Morgan fingerprint density at radius 1 is 1.09 bits per heavy atom. The highest BCUT2D eigenvalue weighted by atomic mass is 35.5. The zero-order chi connectivity index (χ0) is 23.8. The second-order valence-corrected chi connectivity index (χ2v) is 9.79. The molecule has 1 heterocycles. The number of halogens is 1.